The van der Waals surface area contributed by atoms with E-state index in [-0.39, 0.29) is 24.0 Å². The Kier molecular flexibility index (Phi) is 4.12. The number of hydrogen-bond donors (Lipinski definition) is 0. The standard InChI is InChI=1S/C20H16N.HI/c1-21-18-13-7-5-11-16(18)20(15-9-3-2-4-10-15)17-12-6-8-14-19(17)21;/h2-14H,1H3;1H/q+1;/p-1. The van der Waals surface area contributed by atoms with Gasteiger partial charge < -0.3 is 24.0 Å². The molecule has 0 bridgehead atoms. The fourth-order valence-electron chi connectivity index (χ4n) is 3.15. The molecule has 0 aliphatic heterocycles. The highest BCUT2D eigenvalue weighted by Gasteiger charge is 2.17. The van der Waals surface area contributed by atoms with Gasteiger partial charge in [0.2, 0.25) is 11.0 Å². The SMILES string of the molecule is C[n+]1c2ccccc2c(-c2ccccc2)c2ccccc21.[I-]. The highest BCUT2D eigenvalue weighted by atomic mass is 127. The maximum Gasteiger partial charge on any atom is 0.213 e. The summed E-state index contributed by atoms with van der Waals surface area (Å²) in [5, 5.41) is 2.59. The summed E-state index contributed by atoms with van der Waals surface area (Å²) < 4.78 is 2.27. The van der Waals surface area contributed by atoms with Crippen LogP contribution in [0.1, 0.15) is 0 Å². The van der Waals surface area contributed by atoms with Crippen LogP contribution >= 0.6 is 0 Å². The number of benzene rings is 3. The van der Waals surface area contributed by atoms with E-state index in [4.69, 9.17) is 0 Å². The molecule has 0 atom stereocenters. The Balaban J connectivity index is 0.00000144. The first-order chi connectivity index (χ1) is 10.4. The summed E-state index contributed by atoms with van der Waals surface area (Å²) in [6.45, 7) is 0. The Bertz CT molecular complexity index is 889. The lowest BCUT2D eigenvalue weighted by atomic mass is 9.96. The molecule has 0 aliphatic rings. The van der Waals surface area contributed by atoms with Crippen molar-refractivity contribution in [3.63, 3.8) is 0 Å². The zero-order valence-electron chi connectivity index (χ0n) is 12.3. The zero-order chi connectivity index (χ0) is 14.2. The molecule has 2 heteroatoms. The van der Waals surface area contributed by atoms with E-state index in [1.807, 2.05) is 0 Å². The molecule has 1 nitrogen and oxygen atoms in total. The molecule has 4 rings (SSSR count). The third-order valence-corrected chi connectivity index (χ3v) is 4.13. The molecule has 4 aromatic rings. The fraction of sp³-hybridized carbons (Fsp3) is 0.0500. The number of aryl methyl sites for hydroxylation is 1. The lowest BCUT2D eigenvalue weighted by Crippen LogP contribution is -3.00. The van der Waals surface area contributed by atoms with E-state index in [0.29, 0.717) is 0 Å². The molecule has 0 radical (unpaired) electrons. The smallest absolute Gasteiger partial charge is 0.213 e. The van der Waals surface area contributed by atoms with Crippen molar-refractivity contribution in [2.24, 2.45) is 7.05 Å². The molecule has 0 amide bonds. The number of para-hydroxylation sites is 2. The number of rotatable bonds is 1. The van der Waals surface area contributed by atoms with Crippen LogP contribution in [0.5, 0.6) is 0 Å². The third kappa shape index (κ3) is 2.28. The van der Waals surface area contributed by atoms with E-state index in [9.17, 15) is 0 Å². The lowest BCUT2D eigenvalue weighted by Gasteiger charge is -2.10. The van der Waals surface area contributed by atoms with Gasteiger partial charge in [0.25, 0.3) is 0 Å². The molecule has 22 heavy (non-hydrogen) atoms. The molecular formula is C20H16IN. The van der Waals surface area contributed by atoms with Crippen LogP contribution in [-0.2, 0) is 7.05 Å². The maximum atomic E-state index is 2.27. The molecule has 3 aromatic carbocycles. The van der Waals surface area contributed by atoms with Crippen LogP contribution in [0.2, 0.25) is 0 Å². The molecule has 0 fully saturated rings. The van der Waals surface area contributed by atoms with E-state index in [0.717, 1.165) is 0 Å². The maximum absolute atomic E-state index is 2.27. The fourth-order valence-corrected chi connectivity index (χ4v) is 3.15. The summed E-state index contributed by atoms with van der Waals surface area (Å²) in [7, 11) is 2.14. The first-order valence-corrected chi connectivity index (χ1v) is 7.21. The summed E-state index contributed by atoms with van der Waals surface area (Å²) in [6, 6.07) is 27.9. The van der Waals surface area contributed by atoms with Crippen molar-refractivity contribution in [3.8, 4) is 11.1 Å². The van der Waals surface area contributed by atoms with Gasteiger partial charge >= 0.3 is 0 Å². The van der Waals surface area contributed by atoms with Crippen molar-refractivity contribution in [2.75, 3.05) is 0 Å². The lowest BCUT2D eigenvalue weighted by molar-refractivity contribution is -0.617. The molecule has 1 heterocycles. The normalized spacial score (nSPS) is 10.6. The summed E-state index contributed by atoms with van der Waals surface area (Å²) >= 11 is 0. The van der Waals surface area contributed by atoms with Gasteiger partial charge in [-0.25, -0.2) is 0 Å². The van der Waals surface area contributed by atoms with Crippen LogP contribution in [0.15, 0.2) is 78.9 Å². The average molecular weight is 397 g/mol. The summed E-state index contributed by atoms with van der Waals surface area (Å²) in [4.78, 5) is 0. The predicted molar refractivity (Wildman–Crippen MR) is 88.1 cm³/mol. The van der Waals surface area contributed by atoms with Gasteiger partial charge in [0.1, 0.15) is 7.05 Å². The van der Waals surface area contributed by atoms with Crippen LogP contribution in [0.3, 0.4) is 0 Å². The number of aromatic nitrogens is 1. The number of hydrogen-bond acceptors (Lipinski definition) is 0. The number of halogens is 1. The van der Waals surface area contributed by atoms with Crippen molar-refractivity contribution >= 4 is 21.8 Å². The van der Waals surface area contributed by atoms with Gasteiger partial charge in [-0.05, 0) is 17.7 Å². The van der Waals surface area contributed by atoms with Gasteiger partial charge in [-0.15, -0.1) is 0 Å². The molecule has 0 unspecified atom stereocenters. The minimum Gasteiger partial charge on any atom is -1.00 e. The quantitative estimate of drug-likeness (QED) is 0.260. The van der Waals surface area contributed by atoms with Crippen molar-refractivity contribution in [2.45, 2.75) is 0 Å². The Hall–Kier alpha value is -1.94. The van der Waals surface area contributed by atoms with E-state index in [1.54, 1.807) is 0 Å². The largest absolute Gasteiger partial charge is 1.00 e. The van der Waals surface area contributed by atoms with Crippen molar-refractivity contribution < 1.29 is 28.5 Å². The van der Waals surface area contributed by atoms with Crippen LogP contribution in [-0.4, -0.2) is 0 Å². The van der Waals surface area contributed by atoms with Gasteiger partial charge in [-0.1, -0.05) is 54.6 Å². The second-order valence-corrected chi connectivity index (χ2v) is 5.33. The van der Waals surface area contributed by atoms with E-state index in [1.165, 1.54) is 32.9 Å². The summed E-state index contributed by atoms with van der Waals surface area (Å²) in [5.41, 5.74) is 5.11. The number of fused-ring (bicyclic) bond motifs is 2. The monoisotopic (exact) mass is 397 g/mol. The highest BCUT2D eigenvalue weighted by molar-refractivity contribution is 6.07. The second kappa shape index (κ2) is 6.05. The Morgan fingerprint density at radius 3 is 1.59 bits per heavy atom. The third-order valence-electron chi connectivity index (χ3n) is 4.13. The van der Waals surface area contributed by atoms with E-state index in [2.05, 4.69) is 90.5 Å². The van der Waals surface area contributed by atoms with Gasteiger partial charge in [-0.3, -0.25) is 0 Å². The Morgan fingerprint density at radius 2 is 1.05 bits per heavy atom. The van der Waals surface area contributed by atoms with Gasteiger partial charge in [0.05, 0.1) is 10.8 Å². The van der Waals surface area contributed by atoms with Crippen LogP contribution in [0.4, 0.5) is 0 Å². The van der Waals surface area contributed by atoms with Gasteiger partial charge in [0, 0.05) is 17.7 Å². The minimum absolute atomic E-state index is 0. The Morgan fingerprint density at radius 1 is 0.591 bits per heavy atom. The van der Waals surface area contributed by atoms with Crippen molar-refractivity contribution in [1.29, 1.82) is 0 Å². The summed E-state index contributed by atoms with van der Waals surface area (Å²) in [5.74, 6) is 0. The van der Waals surface area contributed by atoms with Gasteiger partial charge in [0.15, 0.2) is 0 Å². The van der Waals surface area contributed by atoms with Gasteiger partial charge in [-0.2, -0.15) is 4.57 Å². The topological polar surface area (TPSA) is 3.88 Å². The first-order valence-electron chi connectivity index (χ1n) is 7.21. The van der Waals surface area contributed by atoms with E-state index >= 15 is 0 Å². The van der Waals surface area contributed by atoms with Crippen LogP contribution in [0, 0.1) is 0 Å². The molecular weight excluding hydrogens is 381 g/mol. The second-order valence-electron chi connectivity index (χ2n) is 5.33. The minimum atomic E-state index is 0. The van der Waals surface area contributed by atoms with E-state index < -0.39 is 0 Å². The molecule has 0 spiro atoms. The molecule has 0 saturated carbocycles. The molecule has 0 saturated heterocycles. The summed E-state index contributed by atoms with van der Waals surface area (Å²) in [6.07, 6.45) is 0. The van der Waals surface area contributed by atoms with Crippen molar-refractivity contribution in [3.05, 3.63) is 78.9 Å². The molecule has 1 aromatic heterocycles. The highest BCUT2D eigenvalue weighted by Crippen LogP contribution is 2.33. The predicted octanol–water partition coefficient (Wildman–Crippen LogP) is 1.49. The Labute approximate surface area is 147 Å². The zero-order valence-corrected chi connectivity index (χ0v) is 14.5. The molecule has 0 N–H and O–H groups in total. The number of pyridine rings is 1. The molecule has 0 aliphatic carbocycles. The van der Waals surface area contributed by atoms with Crippen LogP contribution < -0.4 is 28.5 Å². The average Bonchev–Trinajstić information content (AvgIpc) is 2.56. The van der Waals surface area contributed by atoms with Crippen LogP contribution in [0.25, 0.3) is 32.9 Å². The number of nitrogens with zero attached hydrogens (tertiary/aromatic N) is 1. The first kappa shape index (κ1) is 15.0. The van der Waals surface area contributed by atoms with Crippen molar-refractivity contribution in [1.82, 2.24) is 0 Å². The molecule has 108 valence electrons.